The van der Waals surface area contributed by atoms with Crippen LogP contribution >= 0.6 is 11.8 Å². The molecule has 0 atom stereocenters. The van der Waals surface area contributed by atoms with Crippen molar-refractivity contribution in [3.8, 4) is 0 Å². The minimum absolute atomic E-state index is 0.245. The lowest BCUT2D eigenvalue weighted by Crippen LogP contribution is -2.20. The molecule has 0 aromatic rings. The van der Waals surface area contributed by atoms with Crippen LogP contribution in [0, 0.1) is 0 Å². The first kappa shape index (κ1) is 15.1. The monoisotopic (exact) mass is 287 g/mol. The summed E-state index contributed by atoms with van der Waals surface area (Å²) in [7, 11) is -3.90. The van der Waals surface area contributed by atoms with Gasteiger partial charge in [0.2, 0.25) is 0 Å². The van der Waals surface area contributed by atoms with Crippen molar-refractivity contribution in [1.82, 2.24) is 4.90 Å². The van der Waals surface area contributed by atoms with Crippen LogP contribution in [0.25, 0.3) is 0 Å². The van der Waals surface area contributed by atoms with Gasteiger partial charge in [0.15, 0.2) is 0 Å². The first-order valence-corrected chi connectivity index (χ1v) is 7.90. The van der Waals surface area contributed by atoms with E-state index in [4.69, 9.17) is 4.55 Å². The van der Waals surface area contributed by atoms with E-state index in [0.717, 1.165) is 15.6 Å². The lowest BCUT2D eigenvalue weighted by Gasteiger charge is -2.20. The predicted octanol–water partition coefficient (Wildman–Crippen LogP) is 2.76. The average molecular weight is 287 g/mol. The summed E-state index contributed by atoms with van der Waals surface area (Å²) in [6.07, 6.45) is 5.98. The molecular weight excluding hydrogens is 270 g/mol. The van der Waals surface area contributed by atoms with E-state index in [1.165, 1.54) is 11.8 Å². The molecule has 0 spiro atoms. The van der Waals surface area contributed by atoms with E-state index < -0.39 is 10.1 Å². The molecule has 1 heterocycles. The Morgan fingerprint density at radius 3 is 2.67 bits per heavy atom. The average Bonchev–Trinajstić information content (AvgIpc) is 2.54. The van der Waals surface area contributed by atoms with E-state index in [9.17, 15) is 8.42 Å². The third-order valence-corrected chi connectivity index (χ3v) is 4.19. The molecule has 0 unspecified atom stereocenters. The minimum atomic E-state index is -3.90. The summed E-state index contributed by atoms with van der Waals surface area (Å²) in [6.45, 7) is 10.1. The SMILES string of the molecule is C=CC1=C(/C=C\C)SC(=C)N1CCCS(=O)(=O)O. The summed E-state index contributed by atoms with van der Waals surface area (Å²) in [4.78, 5) is 2.96. The quantitative estimate of drug-likeness (QED) is 0.761. The van der Waals surface area contributed by atoms with E-state index in [0.29, 0.717) is 13.0 Å². The van der Waals surface area contributed by atoms with Crippen molar-refractivity contribution in [2.75, 3.05) is 12.3 Å². The number of hydrogen-bond acceptors (Lipinski definition) is 4. The van der Waals surface area contributed by atoms with Crippen molar-refractivity contribution < 1.29 is 13.0 Å². The maximum atomic E-state index is 10.7. The van der Waals surface area contributed by atoms with Gasteiger partial charge in [-0.1, -0.05) is 37.1 Å². The van der Waals surface area contributed by atoms with Crippen molar-refractivity contribution in [3.05, 3.63) is 47.0 Å². The van der Waals surface area contributed by atoms with Gasteiger partial charge in [-0.15, -0.1) is 0 Å². The Bertz CT molecular complexity index is 503. The number of nitrogens with zero attached hydrogens (tertiary/aromatic N) is 1. The lowest BCUT2D eigenvalue weighted by atomic mass is 10.3. The Hall–Kier alpha value is -0.980. The van der Waals surface area contributed by atoms with Crippen molar-refractivity contribution in [2.45, 2.75) is 13.3 Å². The summed E-state index contributed by atoms with van der Waals surface area (Å²) in [5, 5.41) is 0.841. The van der Waals surface area contributed by atoms with Gasteiger partial charge in [-0.3, -0.25) is 4.55 Å². The fourth-order valence-corrected chi connectivity index (χ4v) is 3.18. The summed E-state index contributed by atoms with van der Waals surface area (Å²) in [5.74, 6) is -0.245. The molecule has 0 fully saturated rings. The second-order valence-corrected chi connectivity index (χ2v) is 6.43. The minimum Gasteiger partial charge on any atom is -0.335 e. The molecule has 0 radical (unpaired) electrons. The van der Waals surface area contributed by atoms with Gasteiger partial charge in [-0.2, -0.15) is 8.42 Å². The van der Waals surface area contributed by atoms with Crippen LogP contribution in [0.15, 0.2) is 47.0 Å². The highest BCUT2D eigenvalue weighted by molar-refractivity contribution is 8.07. The lowest BCUT2D eigenvalue weighted by molar-refractivity contribution is 0.453. The summed E-state index contributed by atoms with van der Waals surface area (Å²) < 4.78 is 30.0. The van der Waals surface area contributed by atoms with E-state index in [1.807, 2.05) is 24.0 Å². The van der Waals surface area contributed by atoms with Gasteiger partial charge in [0.1, 0.15) is 0 Å². The van der Waals surface area contributed by atoms with Crippen LogP contribution in [-0.4, -0.2) is 30.2 Å². The standard InChI is InChI=1S/C12H17NO3S2/c1-4-7-12-11(5-2)13(10(3)17-12)8-6-9-18(14,15)16/h4-5,7H,2-3,6,8-9H2,1H3,(H,14,15,16)/b7-4-. The molecule has 1 aliphatic rings. The van der Waals surface area contributed by atoms with Gasteiger partial charge in [0, 0.05) is 11.4 Å². The number of rotatable bonds is 6. The van der Waals surface area contributed by atoms with Crippen LogP contribution in [0.4, 0.5) is 0 Å². The number of thioether (sulfide) groups is 1. The molecule has 4 nitrogen and oxygen atoms in total. The summed E-state index contributed by atoms with van der Waals surface area (Å²) in [6, 6.07) is 0. The van der Waals surface area contributed by atoms with E-state index in [-0.39, 0.29) is 5.75 Å². The Labute approximate surface area is 113 Å². The molecule has 6 heteroatoms. The molecule has 0 saturated carbocycles. The zero-order valence-corrected chi connectivity index (χ0v) is 11.9. The van der Waals surface area contributed by atoms with Gasteiger partial charge in [0.25, 0.3) is 10.1 Å². The van der Waals surface area contributed by atoms with Crippen LogP contribution in [0.2, 0.25) is 0 Å². The molecule has 1 N–H and O–H groups in total. The maximum Gasteiger partial charge on any atom is 0.264 e. The molecule has 0 amide bonds. The number of allylic oxidation sites excluding steroid dienone is 3. The van der Waals surface area contributed by atoms with Crippen molar-refractivity contribution in [3.63, 3.8) is 0 Å². The first-order chi connectivity index (χ1) is 8.39. The molecule has 0 bridgehead atoms. The fraction of sp³-hybridized carbons (Fsp3) is 0.333. The van der Waals surface area contributed by atoms with Crippen LogP contribution in [-0.2, 0) is 10.1 Å². The van der Waals surface area contributed by atoms with Crippen molar-refractivity contribution in [2.24, 2.45) is 0 Å². The Morgan fingerprint density at radius 1 is 1.50 bits per heavy atom. The molecule has 1 rings (SSSR count). The molecule has 100 valence electrons. The van der Waals surface area contributed by atoms with Crippen LogP contribution in [0.5, 0.6) is 0 Å². The first-order valence-electron chi connectivity index (χ1n) is 5.48. The number of hydrogen-bond donors (Lipinski definition) is 1. The third kappa shape index (κ3) is 4.04. The molecule has 1 aliphatic heterocycles. The Morgan fingerprint density at radius 2 is 2.17 bits per heavy atom. The third-order valence-electron chi connectivity index (χ3n) is 2.37. The van der Waals surface area contributed by atoms with Crippen LogP contribution < -0.4 is 0 Å². The molecule has 0 aromatic heterocycles. The second-order valence-electron chi connectivity index (χ2n) is 3.74. The van der Waals surface area contributed by atoms with E-state index >= 15 is 0 Å². The molecular formula is C12H17NO3S2. The Balaban J connectivity index is 2.75. The zero-order valence-electron chi connectivity index (χ0n) is 10.3. The summed E-state index contributed by atoms with van der Waals surface area (Å²) in [5.41, 5.74) is 0.929. The highest BCUT2D eigenvalue weighted by atomic mass is 32.2. The largest absolute Gasteiger partial charge is 0.335 e. The highest BCUT2D eigenvalue weighted by Crippen LogP contribution is 2.41. The van der Waals surface area contributed by atoms with E-state index in [2.05, 4.69) is 13.2 Å². The molecule has 18 heavy (non-hydrogen) atoms. The maximum absolute atomic E-state index is 10.7. The molecule has 0 aromatic carbocycles. The van der Waals surface area contributed by atoms with Crippen molar-refractivity contribution >= 4 is 21.9 Å². The van der Waals surface area contributed by atoms with Gasteiger partial charge in [0.05, 0.1) is 16.5 Å². The zero-order chi connectivity index (χ0) is 13.8. The molecule has 0 saturated heterocycles. The van der Waals surface area contributed by atoms with Crippen molar-refractivity contribution in [1.29, 1.82) is 0 Å². The topological polar surface area (TPSA) is 57.6 Å². The summed E-state index contributed by atoms with van der Waals surface area (Å²) >= 11 is 1.53. The van der Waals surface area contributed by atoms with Crippen LogP contribution in [0.3, 0.4) is 0 Å². The van der Waals surface area contributed by atoms with Gasteiger partial charge in [-0.25, -0.2) is 0 Å². The van der Waals surface area contributed by atoms with E-state index in [1.54, 1.807) is 6.08 Å². The van der Waals surface area contributed by atoms with Gasteiger partial charge < -0.3 is 4.90 Å². The second kappa shape index (κ2) is 6.26. The van der Waals surface area contributed by atoms with Crippen LogP contribution in [0.1, 0.15) is 13.3 Å². The predicted molar refractivity (Wildman–Crippen MR) is 76.5 cm³/mol. The highest BCUT2D eigenvalue weighted by Gasteiger charge is 2.23. The molecule has 0 aliphatic carbocycles. The van der Waals surface area contributed by atoms with Gasteiger partial charge >= 0.3 is 0 Å². The van der Waals surface area contributed by atoms with Gasteiger partial charge in [-0.05, 0) is 19.4 Å². The Kier molecular flexibility index (Phi) is 5.25. The fourth-order valence-electron chi connectivity index (χ4n) is 1.63. The normalized spacial score (nSPS) is 17.0. The smallest absolute Gasteiger partial charge is 0.264 e.